The van der Waals surface area contributed by atoms with Crippen molar-refractivity contribution >= 4 is 16.7 Å². The maximum Gasteiger partial charge on any atom is 0.137 e. The number of nitrogens with one attached hydrogen (secondary N) is 1. The fourth-order valence-electron chi connectivity index (χ4n) is 10.4. The van der Waals surface area contributed by atoms with Crippen LogP contribution < -0.4 is 0 Å². The topological polar surface area (TPSA) is 32.9 Å². The van der Waals surface area contributed by atoms with Gasteiger partial charge in [0.15, 0.2) is 0 Å². The number of aromatic nitrogens is 1. The fourth-order valence-corrected chi connectivity index (χ4v) is 10.4. The molecule has 2 aromatic rings. The molecule has 4 aliphatic rings. The molecule has 0 amide bonds. The van der Waals surface area contributed by atoms with Gasteiger partial charge in [-0.05, 0) is 109 Å². The Balaban J connectivity index is 1.28. The van der Waals surface area contributed by atoms with Crippen molar-refractivity contribution in [1.29, 1.82) is 0 Å². The molecular formula is C34H49NO. The quantitative estimate of drug-likeness (QED) is 0.449. The molecule has 3 saturated carbocycles. The summed E-state index contributed by atoms with van der Waals surface area (Å²) in [7, 11) is 0. The molecule has 0 aliphatic heterocycles. The number of aromatic amines is 1. The second-order valence-corrected chi connectivity index (χ2v) is 14.6. The summed E-state index contributed by atoms with van der Waals surface area (Å²) in [6.07, 6.45) is 12.5. The number of benzene rings is 1. The van der Waals surface area contributed by atoms with Crippen LogP contribution in [0.25, 0.3) is 10.9 Å². The third kappa shape index (κ3) is 3.67. The number of rotatable bonds is 5. The third-order valence-electron chi connectivity index (χ3n) is 12.2. The first-order chi connectivity index (χ1) is 17.1. The standard InChI is InChI=1S/C34H49NO/c1-20(2)8-7-9-22(4)26-11-12-27-24-17-32(36)29-18-31-25(23-16-21(3)10-13-30(23)35-31)19-34(29,6)28(24)14-15-33(26,27)5/h10,13,16,20,22,24,26-29,35H,7-9,11-12,14-15,17-19H2,1-6H3/t22-,24+,26-,27+,28+,29-,33-,34-/m1/s1. The van der Waals surface area contributed by atoms with Crippen molar-refractivity contribution in [1.82, 2.24) is 4.98 Å². The van der Waals surface area contributed by atoms with Crippen LogP contribution in [0.5, 0.6) is 0 Å². The molecule has 1 aromatic heterocycles. The minimum Gasteiger partial charge on any atom is -0.358 e. The van der Waals surface area contributed by atoms with Gasteiger partial charge in [-0.1, -0.05) is 65.5 Å². The smallest absolute Gasteiger partial charge is 0.137 e. The van der Waals surface area contributed by atoms with Crippen LogP contribution in [0.4, 0.5) is 0 Å². The highest BCUT2D eigenvalue weighted by molar-refractivity contribution is 5.88. The largest absolute Gasteiger partial charge is 0.358 e. The molecule has 0 radical (unpaired) electrons. The number of aryl methyl sites for hydroxylation is 1. The van der Waals surface area contributed by atoms with Gasteiger partial charge in [-0.3, -0.25) is 4.79 Å². The molecule has 4 aliphatic carbocycles. The van der Waals surface area contributed by atoms with E-state index in [9.17, 15) is 4.79 Å². The first kappa shape index (κ1) is 24.7. The van der Waals surface area contributed by atoms with E-state index in [0.717, 1.165) is 42.9 Å². The van der Waals surface area contributed by atoms with Crippen LogP contribution in [0.2, 0.25) is 0 Å². The summed E-state index contributed by atoms with van der Waals surface area (Å²) in [6, 6.07) is 6.83. The van der Waals surface area contributed by atoms with Crippen molar-refractivity contribution in [2.45, 2.75) is 106 Å². The Labute approximate surface area is 219 Å². The van der Waals surface area contributed by atoms with Crippen molar-refractivity contribution in [2.75, 3.05) is 0 Å². The van der Waals surface area contributed by atoms with E-state index < -0.39 is 0 Å². The van der Waals surface area contributed by atoms with Gasteiger partial charge in [0.1, 0.15) is 5.78 Å². The maximum absolute atomic E-state index is 13.9. The van der Waals surface area contributed by atoms with Crippen LogP contribution in [-0.4, -0.2) is 10.8 Å². The normalized spacial score (nSPS) is 38.5. The summed E-state index contributed by atoms with van der Waals surface area (Å²) in [5, 5.41) is 1.41. The zero-order chi connectivity index (χ0) is 25.4. The summed E-state index contributed by atoms with van der Waals surface area (Å²) >= 11 is 0. The molecule has 0 bridgehead atoms. The average Bonchev–Trinajstić information content (AvgIpc) is 3.34. The minimum absolute atomic E-state index is 0.119. The van der Waals surface area contributed by atoms with E-state index in [4.69, 9.17) is 0 Å². The van der Waals surface area contributed by atoms with Gasteiger partial charge in [0.05, 0.1) is 0 Å². The molecule has 0 unspecified atom stereocenters. The Bertz CT molecular complexity index is 1160. The van der Waals surface area contributed by atoms with E-state index >= 15 is 0 Å². The summed E-state index contributed by atoms with van der Waals surface area (Å²) in [4.78, 5) is 17.6. The molecule has 1 aromatic carbocycles. The fraction of sp³-hybridized carbons (Fsp3) is 0.735. The lowest BCUT2D eigenvalue weighted by atomic mass is 9.44. The average molecular weight is 488 g/mol. The first-order valence-corrected chi connectivity index (χ1v) is 15.2. The molecule has 196 valence electrons. The predicted octanol–water partition coefficient (Wildman–Crippen LogP) is 8.69. The number of carbonyl (C=O) groups excluding carboxylic acids is 1. The summed E-state index contributed by atoms with van der Waals surface area (Å²) in [6.45, 7) is 14.6. The Hall–Kier alpha value is -1.57. The number of H-pyrrole nitrogens is 1. The number of hydrogen-bond donors (Lipinski definition) is 1. The van der Waals surface area contributed by atoms with Gasteiger partial charge in [0.25, 0.3) is 0 Å². The van der Waals surface area contributed by atoms with E-state index in [0.29, 0.717) is 23.0 Å². The first-order valence-electron chi connectivity index (χ1n) is 15.2. The number of hydrogen-bond acceptors (Lipinski definition) is 1. The van der Waals surface area contributed by atoms with Crippen LogP contribution in [0.15, 0.2) is 18.2 Å². The Morgan fingerprint density at radius 3 is 2.56 bits per heavy atom. The summed E-state index contributed by atoms with van der Waals surface area (Å²) in [5.41, 5.74) is 6.03. The van der Waals surface area contributed by atoms with Crippen molar-refractivity contribution < 1.29 is 4.79 Å². The SMILES string of the molecule is Cc1ccc2[nH]c3c(c2c1)C[C@@]1(C)[C@H](C3)C(=O)C[C@@H]2[C@@H]1CC[C@]1(C)[C@@H]([C@H](C)CCCC(C)C)CC[C@@H]21. The zero-order valence-electron chi connectivity index (χ0n) is 23.8. The van der Waals surface area contributed by atoms with Crippen LogP contribution in [0.3, 0.4) is 0 Å². The maximum atomic E-state index is 13.9. The summed E-state index contributed by atoms with van der Waals surface area (Å²) < 4.78 is 0. The van der Waals surface area contributed by atoms with Crippen molar-refractivity contribution in [3.05, 3.63) is 35.0 Å². The second-order valence-electron chi connectivity index (χ2n) is 14.6. The molecule has 3 fully saturated rings. The second kappa shape index (κ2) is 8.74. The Morgan fingerprint density at radius 1 is 1.00 bits per heavy atom. The monoisotopic (exact) mass is 487 g/mol. The van der Waals surface area contributed by atoms with Crippen LogP contribution in [0.1, 0.15) is 103 Å². The van der Waals surface area contributed by atoms with Gasteiger partial charge in [-0.2, -0.15) is 0 Å². The predicted molar refractivity (Wildman–Crippen MR) is 150 cm³/mol. The minimum atomic E-state index is 0.119. The van der Waals surface area contributed by atoms with E-state index in [-0.39, 0.29) is 11.3 Å². The Morgan fingerprint density at radius 2 is 1.78 bits per heavy atom. The third-order valence-corrected chi connectivity index (χ3v) is 12.2. The molecule has 8 atom stereocenters. The highest BCUT2D eigenvalue weighted by Gasteiger charge is 2.62. The lowest BCUT2D eigenvalue weighted by Gasteiger charge is -2.60. The Kier molecular flexibility index (Phi) is 6.01. The van der Waals surface area contributed by atoms with Crippen molar-refractivity contribution in [2.24, 2.45) is 52.3 Å². The van der Waals surface area contributed by atoms with Crippen molar-refractivity contribution in [3.63, 3.8) is 0 Å². The van der Waals surface area contributed by atoms with Crippen LogP contribution >= 0.6 is 0 Å². The lowest BCUT2D eigenvalue weighted by Crippen LogP contribution is -2.57. The lowest BCUT2D eigenvalue weighted by molar-refractivity contribution is -0.150. The number of ketones is 1. The molecule has 6 rings (SSSR count). The molecule has 0 saturated heterocycles. The highest BCUT2D eigenvalue weighted by atomic mass is 16.1. The molecule has 36 heavy (non-hydrogen) atoms. The van der Waals surface area contributed by atoms with Gasteiger partial charge in [0.2, 0.25) is 0 Å². The van der Waals surface area contributed by atoms with Gasteiger partial charge >= 0.3 is 0 Å². The number of carbonyl (C=O) groups is 1. The van der Waals surface area contributed by atoms with E-state index in [2.05, 4.69) is 64.7 Å². The molecular weight excluding hydrogens is 438 g/mol. The molecule has 1 N–H and O–H groups in total. The molecule has 0 spiro atoms. The zero-order valence-corrected chi connectivity index (χ0v) is 23.8. The van der Waals surface area contributed by atoms with E-state index in [1.807, 2.05) is 0 Å². The van der Waals surface area contributed by atoms with Crippen molar-refractivity contribution in [3.8, 4) is 0 Å². The van der Waals surface area contributed by atoms with Gasteiger partial charge in [-0.15, -0.1) is 0 Å². The van der Waals surface area contributed by atoms with Gasteiger partial charge in [0, 0.05) is 28.9 Å². The number of Topliss-reactive ketones (excluding diaryl/α,β-unsaturated/α-hetero) is 1. The van der Waals surface area contributed by atoms with Gasteiger partial charge < -0.3 is 4.98 Å². The van der Waals surface area contributed by atoms with Crippen LogP contribution in [0, 0.1) is 59.2 Å². The summed E-state index contributed by atoms with van der Waals surface area (Å²) in [5.74, 6) is 5.35. The molecule has 2 heteroatoms. The van der Waals surface area contributed by atoms with Crippen LogP contribution in [-0.2, 0) is 17.6 Å². The number of fused-ring (bicyclic) bond motifs is 8. The van der Waals surface area contributed by atoms with E-state index in [1.165, 1.54) is 72.7 Å². The molecule has 1 heterocycles. The van der Waals surface area contributed by atoms with E-state index in [1.54, 1.807) is 0 Å². The molecule has 2 nitrogen and oxygen atoms in total. The highest BCUT2D eigenvalue weighted by Crippen LogP contribution is 2.67. The van der Waals surface area contributed by atoms with Gasteiger partial charge in [-0.25, -0.2) is 0 Å².